The van der Waals surface area contributed by atoms with Crippen molar-refractivity contribution in [2.24, 2.45) is 0 Å². The van der Waals surface area contributed by atoms with E-state index in [9.17, 15) is 18.4 Å². The second kappa shape index (κ2) is 5.41. The summed E-state index contributed by atoms with van der Waals surface area (Å²) in [5.74, 6) is 0. The summed E-state index contributed by atoms with van der Waals surface area (Å²) in [7, 11) is 0. The number of alkyl halides is 3. The first-order chi connectivity index (χ1) is 9.76. The van der Waals surface area contributed by atoms with Gasteiger partial charge < -0.3 is 5.73 Å². The molecule has 2 rings (SSSR count). The summed E-state index contributed by atoms with van der Waals surface area (Å²) >= 11 is 1.50. The number of hydrogen-bond donors (Lipinski definition) is 1. The second-order valence-corrected chi connectivity index (χ2v) is 6.03. The molecule has 1 heterocycles. The lowest BCUT2D eigenvalue weighted by atomic mass is 9.79. The van der Waals surface area contributed by atoms with Crippen LogP contribution in [0.2, 0.25) is 0 Å². The van der Waals surface area contributed by atoms with Crippen LogP contribution in [0.25, 0.3) is 0 Å². The number of nitriles is 1. The van der Waals surface area contributed by atoms with Crippen LogP contribution in [-0.2, 0) is 18.0 Å². The summed E-state index contributed by atoms with van der Waals surface area (Å²) in [5, 5.41) is 11.4. The molecule has 0 spiro atoms. The minimum atomic E-state index is -4.44. The van der Waals surface area contributed by atoms with Gasteiger partial charge in [0.2, 0.25) is 0 Å². The molecule has 21 heavy (non-hydrogen) atoms. The molecule has 2 nitrogen and oxygen atoms in total. The van der Waals surface area contributed by atoms with Crippen LogP contribution in [0.1, 0.15) is 22.9 Å². The molecule has 0 aliphatic carbocycles. The van der Waals surface area contributed by atoms with Gasteiger partial charge in [-0.25, -0.2) is 0 Å². The van der Waals surface area contributed by atoms with E-state index >= 15 is 0 Å². The van der Waals surface area contributed by atoms with E-state index in [0.717, 1.165) is 17.0 Å². The van der Waals surface area contributed by atoms with Gasteiger partial charge >= 0.3 is 6.18 Å². The maximum absolute atomic E-state index is 12.7. The zero-order valence-electron chi connectivity index (χ0n) is 11.2. The van der Waals surface area contributed by atoms with Crippen LogP contribution in [0, 0.1) is 11.3 Å². The Morgan fingerprint density at radius 2 is 2.00 bits per heavy atom. The van der Waals surface area contributed by atoms with Crippen molar-refractivity contribution < 1.29 is 13.2 Å². The highest BCUT2D eigenvalue weighted by Gasteiger charge is 2.34. The molecule has 0 saturated heterocycles. The van der Waals surface area contributed by atoms with Gasteiger partial charge in [0.15, 0.2) is 0 Å². The third-order valence-corrected chi connectivity index (χ3v) is 4.20. The van der Waals surface area contributed by atoms with Crippen molar-refractivity contribution >= 4 is 17.0 Å². The number of anilines is 1. The summed E-state index contributed by atoms with van der Waals surface area (Å²) in [6.07, 6.45) is -4.03. The molecule has 0 aliphatic rings. The molecule has 1 unspecified atom stereocenters. The Morgan fingerprint density at radius 3 is 2.48 bits per heavy atom. The van der Waals surface area contributed by atoms with Gasteiger partial charge in [0, 0.05) is 17.0 Å². The highest BCUT2D eigenvalue weighted by atomic mass is 32.1. The molecule has 2 N–H and O–H groups in total. The van der Waals surface area contributed by atoms with E-state index in [0.29, 0.717) is 12.0 Å². The quantitative estimate of drug-likeness (QED) is 0.856. The van der Waals surface area contributed by atoms with Gasteiger partial charge in [-0.2, -0.15) is 18.4 Å². The molecule has 2 aromatic rings. The van der Waals surface area contributed by atoms with Crippen LogP contribution in [0.15, 0.2) is 35.7 Å². The van der Waals surface area contributed by atoms with E-state index in [4.69, 9.17) is 5.73 Å². The Balaban J connectivity index is 2.41. The second-order valence-electron chi connectivity index (χ2n) is 5.00. The van der Waals surface area contributed by atoms with Crippen LogP contribution >= 0.6 is 11.3 Å². The molecule has 1 atom stereocenters. The van der Waals surface area contributed by atoms with Crippen molar-refractivity contribution in [3.05, 3.63) is 51.7 Å². The maximum atomic E-state index is 12.7. The average molecular weight is 310 g/mol. The van der Waals surface area contributed by atoms with Crippen LogP contribution in [-0.4, -0.2) is 0 Å². The fraction of sp³-hybridized carbons (Fsp3) is 0.267. The van der Waals surface area contributed by atoms with Crippen molar-refractivity contribution in [3.8, 4) is 6.07 Å². The average Bonchev–Trinajstić information content (AvgIpc) is 2.90. The van der Waals surface area contributed by atoms with Crippen LogP contribution in [0.3, 0.4) is 0 Å². The van der Waals surface area contributed by atoms with Crippen molar-refractivity contribution in [1.29, 1.82) is 5.26 Å². The number of nitrogens with zero attached hydrogens (tertiary/aromatic N) is 1. The molecule has 0 fully saturated rings. The third kappa shape index (κ3) is 3.19. The zero-order chi connectivity index (χ0) is 15.7. The summed E-state index contributed by atoms with van der Waals surface area (Å²) in [6, 6.07) is 9.09. The van der Waals surface area contributed by atoms with Gasteiger partial charge in [0.1, 0.15) is 0 Å². The molecule has 0 amide bonds. The van der Waals surface area contributed by atoms with E-state index < -0.39 is 17.2 Å². The van der Waals surface area contributed by atoms with Crippen molar-refractivity contribution in [3.63, 3.8) is 0 Å². The summed E-state index contributed by atoms with van der Waals surface area (Å²) in [6.45, 7) is 1.69. The fourth-order valence-corrected chi connectivity index (χ4v) is 3.06. The normalized spacial score (nSPS) is 14.4. The highest BCUT2D eigenvalue weighted by Crippen LogP contribution is 2.37. The van der Waals surface area contributed by atoms with E-state index in [1.807, 2.05) is 17.5 Å². The zero-order valence-corrected chi connectivity index (χ0v) is 12.1. The summed E-state index contributed by atoms with van der Waals surface area (Å²) in [4.78, 5) is 0.985. The molecule has 0 radical (unpaired) electrons. The van der Waals surface area contributed by atoms with Gasteiger partial charge in [-0.15, -0.1) is 11.3 Å². The third-order valence-electron chi connectivity index (χ3n) is 3.33. The van der Waals surface area contributed by atoms with Crippen LogP contribution in [0.5, 0.6) is 0 Å². The van der Waals surface area contributed by atoms with Gasteiger partial charge in [0.25, 0.3) is 0 Å². The van der Waals surface area contributed by atoms with E-state index in [-0.39, 0.29) is 5.69 Å². The van der Waals surface area contributed by atoms with Crippen molar-refractivity contribution in [2.75, 3.05) is 5.73 Å². The van der Waals surface area contributed by atoms with E-state index in [1.165, 1.54) is 17.4 Å². The smallest absolute Gasteiger partial charge is 0.398 e. The van der Waals surface area contributed by atoms with Gasteiger partial charge in [-0.05, 0) is 36.1 Å². The number of nitrogens with two attached hydrogens (primary N) is 1. The largest absolute Gasteiger partial charge is 0.416 e. The maximum Gasteiger partial charge on any atom is 0.416 e. The van der Waals surface area contributed by atoms with Crippen LogP contribution in [0.4, 0.5) is 18.9 Å². The summed E-state index contributed by atoms with van der Waals surface area (Å²) in [5.41, 5.74) is 4.41. The number of hydrogen-bond acceptors (Lipinski definition) is 3. The Morgan fingerprint density at radius 1 is 1.29 bits per heavy atom. The van der Waals surface area contributed by atoms with Gasteiger partial charge in [-0.3, -0.25) is 0 Å². The van der Waals surface area contributed by atoms with Gasteiger partial charge in [0.05, 0.1) is 17.0 Å². The van der Waals surface area contributed by atoms with E-state index in [1.54, 1.807) is 6.92 Å². The minimum Gasteiger partial charge on any atom is -0.398 e. The van der Waals surface area contributed by atoms with Crippen molar-refractivity contribution in [1.82, 2.24) is 0 Å². The Bertz CT molecular complexity index is 671. The standard InChI is InChI=1S/C15H13F3N2S/c1-14(9-19,8-11-3-2-6-21-11)12-5-4-10(7-13(12)20)15(16,17)18/h2-7H,8,20H2,1H3. The number of halogens is 3. The number of nitrogen functional groups attached to an aromatic ring is 1. The van der Waals surface area contributed by atoms with Crippen LogP contribution < -0.4 is 5.73 Å². The first-order valence-electron chi connectivity index (χ1n) is 6.17. The summed E-state index contributed by atoms with van der Waals surface area (Å²) < 4.78 is 38.0. The predicted molar refractivity (Wildman–Crippen MR) is 76.8 cm³/mol. The molecule has 6 heteroatoms. The Labute approximate surface area is 124 Å². The topological polar surface area (TPSA) is 49.8 Å². The Kier molecular flexibility index (Phi) is 3.97. The van der Waals surface area contributed by atoms with Crippen molar-refractivity contribution in [2.45, 2.75) is 24.9 Å². The van der Waals surface area contributed by atoms with E-state index in [2.05, 4.69) is 6.07 Å². The number of rotatable bonds is 3. The molecule has 0 bridgehead atoms. The lowest BCUT2D eigenvalue weighted by molar-refractivity contribution is -0.137. The Hall–Kier alpha value is -2.00. The van der Waals surface area contributed by atoms with Gasteiger partial charge in [-0.1, -0.05) is 12.1 Å². The molecule has 1 aromatic heterocycles. The fourth-order valence-electron chi connectivity index (χ4n) is 2.20. The molecular formula is C15H13F3N2S. The first-order valence-corrected chi connectivity index (χ1v) is 7.05. The monoisotopic (exact) mass is 310 g/mol. The number of thiophene rings is 1. The SMILES string of the molecule is CC(C#N)(Cc1cccs1)c1ccc(C(F)(F)F)cc1N. The number of benzene rings is 1. The predicted octanol–water partition coefficient (Wildman–Crippen LogP) is 4.37. The molecule has 0 aliphatic heterocycles. The molecule has 0 saturated carbocycles. The minimum absolute atomic E-state index is 0.00886. The molecular weight excluding hydrogens is 297 g/mol. The molecule has 110 valence electrons. The first kappa shape index (κ1) is 15.4. The highest BCUT2D eigenvalue weighted by molar-refractivity contribution is 7.09. The molecule has 1 aromatic carbocycles. The lowest BCUT2D eigenvalue weighted by Crippen LogP contribution is -2.24. The lowest BCUT2D eigenvalue weighted by Gasteiger charge is -2.24.